The molecule has 0 aliphatic rings. The Kier molecular flexibility index (Phi) is 4.89. The van der Waals surface area contributed by atoms with Gasteiger partial charge in [-0.3, -0.25) is 4.79 Å². The average molecular weight is 241 g/mol. The Balaban J connectivity index is 2.62. The van der Waals surface area contributed by atoms with Crippen molar-refractivity contribution < 1.29 is 4.79 Å². The van der Waals surface area contributed by atoms with Crippen LogP contribution in [0, 0.1) is 5.92 Å². The van der Waals surface area contributed by atoms with Crippen molar-refractivity contribution in [3.8, 4) is 0 Å². The normalized spacial score (nSPS) is 12.8. The Morgan fingerprint density at radius 3 is 2.75 bits per heavy atom. The van der Waals surface area contributed by atoms with Crippen LogP contribution in [0.1, 0.15) is 38.8 Å². The fourth-order valence-electron chi connectivity index (χ4n) is 1.28. The first kappa shape index (κ1) is 13.1. The third kappa shape index (κ3) is 3.28. The Hall–Kier alpha value is -0.940. The summed E-state index contributed by atoms with van der Waals surface area (Å²) in [6.07, 6.45) is 0.755. The number of anilines is 1. The van der Waals surface area contributed by atoms with E-state index in [0.717, 1.165) is 12.1 Å². The molecule has 1 rings (SSSR count). The molecule has 1 unspecified atom stereocenters. The van der Waals surface area contributed by atoms with Gasteiger partial charge in [0.05, 0.1) is 11.6 Å². The molecule has 0 radical (unpaired) electrons. The standard InChI is InChI=1S/C11H19N3OS/c1-4-8(5-12)10(15)14-11-13-9(6-16-11)7(2)3/h6-8H,4-5,12H2,1-3H3,(H,13,14,15). The third-order valence-electron chi connectivity index (χ3n) is 2.49. The van der Waals surface area contributed by atoms with E-state index in [1.165, 1.54) is 11.3 Å². The van der Waals surface area contributed by atoms with Gasteiger partial charge in [-0.05, 0) is 12.3 Å². The van der Waals surface area contributed by atoms with Crippen molar-refractivity contribution in [1.82, 2.24) is 4.98 Å². The lowest BCUT2D eigenvalue weighted by atomic mass is 10.1. The van der Waals surface area contributed by atoms with Gasteiger partial charge in [0, 0.05) is 11.9 Å². The SMILES string of the molecule is CCC(CN)C(=O)Nc1nc(C(C)C)cs1. The molecular formula is C11H19N3OS. The summed E-state index contributed by atoms with van der Waals surface area (Å²) < 4.78 is 0. The molecule has 5 heteroatoms. The van der Waals surface area contributed by atoms with Gasteiger partial charge in [0.25, 0.3) is 0 Å². The predicted molar refractivity (Wildman–Crippen MR) is 67.7 cm³/mol. The molecule has 0 fully saturated rings. The molecule has 1 aromatic heterocycles. The molecule has 0 spiro atoms. The first-order valence-corrected chi connectivity index (χ1v) is 6.42. The number of nitrogens with two attached hydrogens (primary N) is 1. The van der Waals surface area contributed by atoms with Crippen molar-refractivity contribution in [2.45, 2.75) is 33.1 Å². The van der Waals surface area contributed by atoms with E-state index < -0.39 is 0 Å². The number of carbonyl (C=O) groups excluding carboxylic acids is 1. The number of nitrogens with zero attached hydrogens (tertiary/aromatic N) is 1. The summed E-state index contributed by atoms with van der Waals surface area (Å²) in [6, 6.07) is 0. The molecule has 0 aromatic carbocycles. The van der Waals surface area contributed by atoms with Gasteiger partial charge >= 0.3 is 0 Å². The van der Waals surface area contributed by atoms with Crippen LogP contribution in [-0.2, 0) is 4.79 Å². The highest BCUT2D eigenvalue weighted by atomic mass is 32.1. The third-order valence-corrected chi connectivity index (χ3v) is 3.27. The summed E-state index contributed by atoms with van der Waals surface area (Å²) in [7, 11) is 0. The molecule has 0 aliphatic heterocycles. The number of hydrogen-bond donors (Lipinski definition) is 2. The number of thiazole rings is 1. The van der Waals surface area contributed by atoms with Crippen LogP contribution in [-0.4, -0.2) is 17.4 Å². The number of hydrogen-bond acceptors (Lipinski definition) is 4. The Morgan fingerprint density at radius 1 is 1.62 bits per heavy atom. The van der Waals surface area contributed by atoms with E-state index in [1.54, 1.807) is 0 Å². The summed E-state index contributed by atoms with van der Waals surface area (Å²) in [5.41, 5.74) is 6.53. The zero-order chi connectivity index (χ0) is 12.1. The van der Waals surface area contributed by atoms with Crippen LogP contribution in [0.2, 0.25) is 0 Å². The van der Waals surface area contributed by atoms with Crippen molar-refractivity contribution in [2.24, 2.45) is 11.7 Å². The fourth-order valence-corrected chi connectivity index (χ4v) is 2.15. The second-order valence-electron chi connectivity index (χ2n) is 4.06. The van der Waals surface area contributed by atoms with Crippen molar-refractivity contribution in [1.29, 1.82) is 0 Å². The number of nitrogens with one attached hydrogen (secondary N) is 1. The summed E-state index contributed by atoms with van der Waals surface area (Å²) in [5, 5.41) is 5.45. The van der Waals surface area contributed by atoms with E-state index in [4.69, 9.17) is 5.73 Å². The average Bonchev–Trinajstić information content (AvgIpc) is 2.68. The molecule has 1 amide bonds. The van der Waals surface area contributed by atoms with Crippen LogP contribution >= 0.6 is 11.3 Å². The van der Waals surface area contributed by atoms with E-state index in [2.05, 4.69) is 24.1 Å². The Bertz CT molecular complexity index is 345. The fraction of sp³-hybridized carbons (Fsp3) is 0.636. The quantitative estimate of drug-likeness (QED) is 0.830. The minimum absolute atomic E-state index is 0.0327. The Labute approximate surface area is 100 Å². The van der Waals surface area contributed by atoms with Gasteiger partial charge in [0.1, 0.15) is 0 Å². The van der Waals surface area contributed by atoms with E-state index in [1.807, 2.05) is 12.3 Å². The van der Waals surface area contributed by atoms with Crippen LogP contribution in [0.5, 0.6) is 0 Å². The first-order valence-electron chi connectivity index (χ1n) is 5.54. The van der Waals surface area contributed by atoms with E-state index in [-0.39, 0.29) is 11.8 Å². The number of amides is 1. The van der Waals surface area contributed by atoms with Gasteiger partial charge in [-0.2, -0.15) is 0 Å². The van der Waals surface area contributed by atoms with Crippen molar-refractivity contribution >= 4 is 22.4 Å². The maximum Gasteiger partial charge on any atom is 0.230 e. The molecule has 0 saturated heterocycles. The largest absolute Gasteiger partial charge is 0.330 e. The highest BCUT2D eigenvalue weighted by Gasteiger charge is 2.16. The predicted octanol–water partition coefficient (Wildman–Crippen LogP) is 2.19. The molecule has 1 aromatic rings. The Morgan fingerprint density at radius 2 is 2.31 bits per heavy atom. The van der Waals surface area contributed by atoms with Crippen molar-refractivity contribution in [3.63, 3.8) is 0 Å². The van der Waals surface area contributed by atoms with Crippen molar-refractivity contribution in [3.05, 3.63) is 11.1 Å². The summed E-state index contributed by atoms with van der Waals surface area (Å²) in [6.45, 7) is 6.49. The van der Waals surface area contributed by atoms with Crippen LogP contribution in [0.25, 0.3) is 0 Å². The maximum atomic E-state index is 11.7. The van der Waals surface area contributed by atoms with Gasteiger partial charge in [-0.25, -0.2) is 4.98 Å². The molecule has 0 aliphatic carbocycles. The van der Waals surface area contributed by atoms with Crippen LogP contribution in [0.3, 0.4) is 0 Å². The smallest absolute Gasteiger partial charge is 0.230 e. The molecule has 90 valence electrons. The molecule has 1 atom stereocenters. The number of carbonyl (C=O) groups is 1. The van der Waals surface area contributed by atoms with Gasteiger partial charge in [-0.15, -0.1) is 11.3 Å². The van der Waals surface area contributed by atoms with Crippen LogP contribution < -0.4 is 11.1 Å². The van der Waals surface area contributed by atoms with Gasteiger partial charge in [0.2, 0.25) is 5.91 Å². The van der Waals surface area contributed by atoms with Crippen LogP contribution in [0.4, 0.5) is 5.13 Å². The number of rotatable bonds is 5. The highest BCUT2D eigenvalue weighted by Crippen LogP contribution is 2.21. The minimum atomic E-state index is -0.119. The highest BCUT2D eigenvalue weighted by molar-refractivity contribution is 7.13. The molecule has 4 nitrogen and oxygen atoms in total. The molecule has 0 saturated carbocycles. The van der Waals surface area contributed by atoms with Gasteiger partial charge in [0.15, 0.2) is 5.13 Å². The second-order valence-corrected chi connectivity index (χ2v) is 4.92. The molecule has 0 bridgehead atoms. The molecule has 1 heterocycles. The first-order chi connectivity index (χ1) is 7.58. The van der Waals surface area contributed by atoms with Crippen LogP contribution in [0.15, 0.2) is 5.38 Å². The van der Waals surface area contributed by atoms with E-state index in [9.17, 15) is 4.79 Å². The lowest BCUT2D eigenvalue weighted by Crippen LogP contribution is -2.28. The second kappa shape index (κ2) is 5.96. The van der Waals surface area contributed by atoms with E-state index >= 15 is 0 Å². The molecule has 3 N–H and O–H groups in total. The minimum Gasteiger partial charge on any atom is -0.330 e. The van der Waals surface area contributed by atoms with Gasteiger partial charge < -0.3 is 11.1 Å². The summed E-state index contributed by atoms with van der Waals surface area (Å²) >= 11 is 1.46. The topological polar surface area (TPSA) is 68.0 Å². The summed E-state index contributed by atoms with van der Waals surface area (Å²) in [4.78, 5) is 16.1. The zero-order valence-corrected chi connectivity index (χ0v) is 10.8. The zero-order valence-electron chi connectivity index (χ0n) is 9.99. The van der Waals surface area contributed by atoms with Gasteiger partial charge in [-0.1, -0.05) is 20.8 Å². The monoisotopic (exact) mass is 241 g/mol. The molecule has 16 heavy (non-hydrogen) atoms. The molecular weight excluding hydrogens is 222 g/mol. The number of aromatic nitrogens is 1. The lowest BCUT2D eigenvalue weighted by Gasteiger charge is -2.10. The maximum absolute atomic E-state index is 11.7. The lowest BCUT2D eigenvalue weighted by molar-refractivity contribution is -0.119. The van der Waals surface area contributed by atoms with E-state index in [0.29, 0.717) is 17.6 Å². The summed E-state index contributed by atoms with van der Waals surface area (Å²) in [5.74, 6) is 0.236. The van der Waals surface area contributed by atoms with Crippen molar-refractivity contribution in [2.75, 3.05) is 11.9 Å².